The lowest BCUT2D eigenvalue weighted by Gasteiger charge is -2.22. The third kappa shape index (κ3) is 1.47. The van der Waals surface area contributed by atoms with Gasteiger partial charge in [0, 0.05) is 6.42 Å². The van der Waals surface area contributed by atoms with Crippen LogP contribution in [0.15, 0.2) is 10.6 Å². The number of hydrogen-bond acceptors (Lipinski definition) is 2. The van der Waals surface area contributed by atoms with Gasteiger partial charge in [-0.15, -0.1) is 0 Å². The van der Waals surface area contributed by atoms with E-state index in [1.54, 1.807) is 0 Å². The summed E-state index contributed by atoms with van der Waals surface area (Å²) in [5.74, 6) is 0.357. The first kappa shape index (κ1) is 10.4. The number of rotatable bonds is 0. The average molecular weight is 259 g/mol. The summed E-state index contributed by atoms with van der Waals surface area (Å²) >= 11 is 3.35. The van der Waals surface area contributed by atoms with Crippen LogP contribution in [0.4, 0.5) is 0 Å². The number of fused-ring (bicyclic) bond motifs is 1. The van der Waals surface area contributed by atoms with Crippen LogP contribution >= 0.6 is 15.9 Å². The monoisotopic (exact) mass is 258 g/mol. The zero-order valence-corrected chi connectivity index (χ0v) is 10.1. The topological polar surface area (TPSA) is 26.3 Å². The normalized spacial score (nSPS) is 38.8. The molecule has 0 aromatic carbocycles. The molecular formula is C11H15BrO2. The number of hydrogen-bond donors (Lipinski definition) is 0. The van der Waals surface area contributed by atoms with Gasteiger partial charge < -0.3 is 4.74 Å². The lowest BCUT2D eigenvalue weighted by molar-refractivity contribution is -0.127. The highest BCUT2D eigenvalue weighted by atomic mass is 79.9. The number of carbonyl (C=O) groups excluding carboxylic acids is 1. The summed E-state index contributed by atoms with van der Waals surface area (Å²) in [6.07, 6.45) is 2.83. The van der Waals surface area contributed by atoms with E-state index in [0.717, 1.165) is 18.4 Å². The lowest BCUT2D eigenvalue weighted by atomic mass is 9.79. The molecule has 1 saturated heterocycles. The maximum absolute atomic E-state index is 11.8. The van der Waals surface area contributed by atoms with E-state index < -0.39 is 0 Å². The van der Waals surface area contributed by atoms with Crippen molar-refractivity contribution in [3.05, 3.63) is 10.6 Å². The average Bonchev–Trinajstić information content (AvgIpc) is 2.36. The Morgan fingerprint density at radius 2 is 2.29 bits per heavy atom. The molecule has 1 aliphatic heterocycles. The van der Waals surface area contributed by atoms with Gasteiger partial charge in [0.15, 0.2) is 0 Å². The van der Waals surface area contributed by atoms with Crippen LogP contribution in [-0.4, -0.2) is 17.5 Å². The maximum atomic E-state index is 11.8. The fraction of sp³-hybridized carbons (Fsp3) is 0.727. The fourth-order valence-corrected chi connectivity index (χ4v) is 3.36. The molecule has 0 bridgehead atoms. The smallest absolute Gasteiger partial charge is 0.142 e. The van der Waals surface area contributed by atoms with E-state index in [1.807, 2.05) is 18.8 Å². The highest BCUT2D eigenvalue weighted by Crippen LogP contribution is 2.45. The van der Waals surface area contributed by atoms with Crippen molar-refractivity contribution >= 4 is 21.7 Å². The molecule has 2 rings (SSSR count). The molecule has 2 atom stereocenters. The van der Waals surface area contributed by atoms with Crippen LogP contribution in [0.1, 0.15) is 33.1 Å². The van der Waals surface area contributed by atoms with Crippen LogP contribution in [0.3, 0.4) is 0 Å². The molecule has 0 aromatic rings. The van der Waals surface area contributed by atoms with Crippen molar-refractivity contribution in [2.75, 3.05) is 0 Å². The van der Waals surface area contributed by atoms with Gasteiger partial charge in [-0.3, -0.25) is 4.79 Å². The van der Waals surface area contributed by atoms with Crippen molar-refractivity contribution in [3.63, 3.8) is 0 Å². The van der Waals surface area contributed by atoms with Gasteiger partial charge >= 0.3 is 0 Å². The lowest BCUT2D eigenvalue weighted by Crippen LogP contribution is -2.29. The predicted molar refractivity (Wildman–Crippen MR) is 58.3 cm³/mol. The summed E-state index contributed by atoms with van der Waals surface area (Å²) in [5, 5.41) is 0. The van der Waals surface area contributed by atoms with Crippen molar-refractivity contribution in [1.82, 2.24) is 0 Å². The Labute approximate surface area is 92.8 Å². The third-order valence-corrected chi connectivity index (χ3v) is 3.72. The Bertz CT molecular complexity index is 294. The Kier molecular flexibility index (Phi) is 2.56. The number of Topliss-reactive ketones (excluding diaryl/α,β-unsaturated/α-hetero) is 1. The SMILES string of the molecule is CC1(C)O[C@H]2CCCC(=O)[C@H]2/C1=C\Br. The van der Waals surface area contributed by atoms with E-state index in [2.05, 4.69) is 15.9 Å². The Morgan fingerprint density at radius 1 is 1.57 bits per heavy atom. The van der Waals surface area contributed by atoms with E-state index in [0.29, 0.717) is 12.2 Å². The molecule has 3 heteroatoms. The maximum Gasteiger partial charge on any atom is 0.142 e. The van der Waals surface area contributed by atoms with Crippen molar-refractivity contribution in [2.24, 2.45) is 5.92 Å². The summed E-state index contributed by atoms with van der Waals surface area (Å²) in [4.78, 5) is 13.7. The van der Waals surface area contributed by atoms with Gasteiger partial charge in [0.05, 0.1) is 17.6 Å². The van der Waals surface area contributed by atoms with E-state index in [4.69, 9.17) is 4.74 Å². The zero-order chi connectivity index (χ0) is 10.3. The minimum atomic E-state index is -0.279. The van der Waals surface area contributed by atoms with Crippen molar-refractivity contribution < 1.29 is 9.53 Å². The number of halogens is 1. The quantitative estimate of drug-likeness (QED) is 0.668. The second-order valence-corrected chi connectivity index (χ2v) is 5.03. The molecule has 0 aromatic heterocycles. The molecule has 1 saturated carbocycles. The van der Waals surface area contributed by atoms with Crippen molar-refractivity contribution in [2.45, 2.75) is 44.8 Å². The first-order valence-corrected chi connectivity index (χ1v) is 5.99. The molecule has 1 aliphatic carbocycles. The van der Waals surface area contributed by atoms with E-state index in [9.17, 15) is 4.79 Å². The van der Waals surface area contributed by atoms with E-state index in [-0.39, 0.29) is 17.6 Å². The second-order valence-electron chi connectivity index (χ2n) is 4.57. The van der Waals surface area contributed by atoms with Crippen molar-refractivity contribution in [3.8, 4) is 0 Å². The Hall–Kier alpha value is -0.150. The molecule has 2 aliphatic rings. The van der Waals surface area contributed by atoms with Gasteiger partial charge in [-0.25, -0.2) is 0 Å². The summed E-state index contributed by atoms with van der Waals surface area (Å²) in [7, 11) is 0. The minimum Gasteiger partial charge on any atom is -0.367 e. The van der Waals surface area contributed by atoms with E-state index in [1.165, 1.54) is 0 Å². The standard InChI is InChI=1S/C11H15BrO2/c1-11(2)7(6-12)10-8(13)4-3-5-9(10)14-11/h6,9-10H,3-5H2,1-2H3/b7-6+/t9-,10+/m0/s1. The highest BCUT2D eigenvalue weighted by Gasteiger charge is 2.49. The summed E-state index contributed by atoms with van der Waals surface area (Å²) in [6, 6.07) is 0. The molecule has 0 spiro atoms. The molecule has 0 N–H and O–H groups in total. The predicted octanol–water partition coefficient (Wildman–Crippen LogP) is 2.81. The number of ketones is 1. The number of carbonyl (C=O) groups is 1. The van der Waals surface area contributed by atoms with Gasteiger partial charge in [-0.1, -0.05) is 15.9 Å². The first-order chi connectivity index (χ1) is 6.56. The van der Waals surface area contributed by atoms with Crippen LogP contribution in [0, 0.1) is 5.92 Å². The molecular weight excluding hydrogens is 244 g/mol. The van der Waals surface area contributed by atoms with Gasteiger partial charge in [0.2, 0.25) is 0 Å². The zero-order valence-electron chi connectivity index (χ0n) is 8.55. The van der Waals surface area contributed by atoms with Crippen LogP contribution in [0.2, 0.25) is 0 Å². The minimum absolute atomic E-state index is 0.0122. The largest absolute Gasteiger partial charge is 0.367 e. The molecule has 0 amide bonds. The van der Waals surface area contributed by atoms with E-state index >= 15 is 0 Å². The molecule has 0 unspecified atom stereocenters. The van der Waals surface area contributed by atoms with Gasteiger partial charge in [-0.05, 0) is 37.2 Å². The van der Waals surface area contributed by atoms with Gasteiger partial charge in [0.1, 0.15) is 5.78 Å². The molecule has 2 fully saturated rings. The van der Waals surface area contributed by atoms with Crippen LogP contribution in [0.5, 0.6) is 0 Å². The third-order valence-electron chi connectivity index (χ3n) is 3.22. The number of ether oxygens (including phenoxy) is 1. The molecule has 0 radical (unpaired) electrons. The molecule has 1 heterocycles. The first-order valence-electron chi connectivity index (χ1n) is 5.07. The summed E-state index contributed by atoms with van der Waals surface area (Å²) in [6.45, 7) is 4.07. The van der Waals surface area contributed by atoms with Crippen molar-refractivity contribution in [1.29, 1.82) is 0 Å². The molecule has 2 nitrogen and oxygen atoms in total. The molecule has 78 valence electrons. The summed E-state index contributed by atoms with van der Waals surface area (Å²) < 4.78 is 5.91. The van der Waals surface area contributed by atoms with Gasteiger partial charge in [-0.2, -0.15) is 0 Å². The van der Waals surface area contributed by atoms with Crippen LogP contribution in [0.25, 0.3) is 0 Å². The van der Waals surface area contributed by atoms with Crippen LogP contribution in [-0.2, 0) is 9.53 Å². The Morgan fingerprint density at radius 3 is 2.93 bits per heavy atom. The Balaban J connectivity index is 2.35. The summed E-state index contributed by atoms with van der Waals surface area (Å²) in [5.41, 5.74) is 0.825. The van der Waals surface area contributed by atoms with Gasteiger partial charge in [0.25, 0.3) is 0 Å². The fourth-order valence-electron chi connectivity index (χ4n) is 2.53. The molecule has 14 heavy (non-hydrogen) atoms. The second kappa shape index (κ2) is 3.46. The highest BCUT2D eigenvalue weighted by molar-refractivity contribution is 9.11. The van der Waals surface area contributed by atoms with Crippen LogP contribution < -0.4 is 0 Å².